The van der Waals surface area contributed by atoms with Crippen LogP contribution in [0.5, 0.6) is 0 Å². The Morgan fingerprint density at radius 1 is 1.26 bits per heavy atom. The average molecular weight is 324 g/mol. The lowest BCUT2D eigenvalue weighted by Crippen LogP contribution is -2.37. The summed E-state index contributed by atoms with van der Waals surface area (Å²) in [6.07, 6.45) is 5.05. The molecule has 1 heterocycles. The van der Waals surface area contributed by atoms with E-state index in [4.69, 9.17) is 9.15 Å². The van der Waals surface area contributed by atoms with Crippen molar-refractivity contribution in [3.8, 4) is 0 Å². The summed E-state index contributed by atoms with van der Waals surface area (Å²) in [6.45, 7) is 11.4. The predicted molar refractivity (Wildman–Crippen MR) is 93.7 cm³/mol. The topological polar surface area (TPSA) is 71.7 Å². The number of hydrogen-bond donors (Lipinski definition) is 2. The van der Waals surface area contributed by atoms with Crippen molar-refractivity contribution in [2.45, 2.75) is 58.9 Å². The van der Waals surface area contributed by atoms with E-state index in [1.165, 1.54) is 6.42 Å². The van der Waals surface area contributed by atoms with Crippen LogP contribution in [-0.2, 0) is 16.7 Å². The zero-order chi connectivity index (χ0) is 17.1. The Hall–Kier alpha value is -1.56. The van der Waals surface area contributed by atoms with Crippen molar-refractivity contribution >= 4 is 5.96 Å². The molecule has 0 spiro atoms. The van der Waals surface area contributed by atoms with Crippen LogP contribution in [0.4, 0.5) is 0 Å². The molecular formula is C17H32N4O2. The number of oxazole rings is 1. The molecule has 0 aromatic carbocycles. The minimum atomic E-state index is -0.0248. The number of guanidine groups is 1. The Morgan fingerprint density at radius 2 is 2.00 bits per heavy atom. The highest BCUT2D eigenvalue weighted by atomic mass is 16.5. The third kappa shape index (κ3) is 8.02. The summed E-state index contributed by atoms with van der Waals surface area (Å²) in [7, 11) is 1.75. The fourth-order valence-electron chi connectivity index (χ4n) is 1.85. The van der Waals surface area contributed by atoms with Gasteiger partial charge >= 0.3 is 0 Å². The molecule has 132 valence electrons. The smallest absolute Gasteiger partial charge is 0.213 e. The Balaban J connectivity index is 2.23. The molecule has 0 aliphatic heterocycles. The first-order valence-corrected chi connectivity index (χ1v) is 8.44. The van der Waals surface area contributed by atoms with Gasteiger partial charge in [0.25, 0.3) is 0 Å². The van der Waals surface area contributed by atoms with Crippen LogP contribution in [0.3, 0.4) is 0 Å². The second-order valence-corrected chi connectivity index (χ2v) is 6.54. The average Bonchev–Trinajstić information content (AvgIpc) is 2.98. The maximum Gasteiger partial charge on any atom is 0.213 e. The maximum atomic E-state index is 5.75. The first kappa shape index (κ1) is 19.5. The van der Waals surface area contributed by atoms with Crippen molar-refractivity contribution in [3.05, 3.63) is 17.8 Å². The van der Waals surface area contributed by atoms with Gasteiger partial charge in [0, 0.05) is 32.2 Å². The van der Waals surface area contributed by atoms with E-state index in [9.17, 15) is 0 Å². The van der Waals surface area contributed by atoms with E-state index in [0.29, 0.717) is 12.4 Å². The van der Waals surface area contributed by atoms with Crippen molar-refractivity contribution in [3.63, 3.8) is 0 Å². The van der Waals surface area contributed by atoms with E-state index in [-0.39, 0.29) is 5.41 Å². The highest BCUT2D eigenvalue weighted by Crippen LogP contribution is 2.22. The molecule has 0 fully saturated rings. The quantitative estimate of drug-likeness (QED) is 0.415. The van der Waals surface area contributed by atoms with Crippen LogP contribution in [-0.4, -0.2) is 37.7 Å². The number of nitrogens with zero attached hydrogens (tertiary/aromatic N) is 2. The number of unbranched alkanes of at least 4 members (excludes halogenated alkanes) is 1. The predicted octanol–water partition coefficient (Wildman–Crippen LogP) is 2.84. The molecule has 23 heavy (non-hydrogen) atoms. The third-order valence-corrected chi connectivity index (χ3v) is 3.32. The van der Waals surface area contributed by atoms with Crippen LogP contribution >= 0.6 is 0 Å². The number of rotatable bonds is 9. The molecule has 1 rings (SSSR count). The van der Waals surface area contributed by atoms with Gasteiger partial charge in [0.2, 0.25) is 5.89 Å². The lowest BCUT2D eigenvalue weighted by atomic mass is 9.94. The minimum Gasteiger partial charge on any atom is -0.443 e. The fourth-order valence-corrected chi connectivity index (χ4v) is 1.85. The van der Waals surface area contributed by atoms with Crippen LogP contribution in [0.2, 0.25) is 0 Å². The van der Waals surface area contributed by atoms with E-state index >= 15 is 0 Å². The third-order valence-electron chi connectivity index (χ3n) is 3.32. The second-order valence-electron chi connectivity index (χ2n) is 6.54. The SMILES string of the molecule is CCCCOCCCNC(=NC)NCc1ncc(C(C)(C)C)o1. The minimum absolute atomic E-state index is 0.0248. The van der Waals surface area contributed by atoms with Gasteiger partial charge in [0.1, 0.15) is 5.76 Å². The monoisotopic (exact) mass is 324 g/mol. The largest absolute Gasteiger partial charge is 0.443 e. The van der Waals surface area contributed by atoms with Crippen LogP contribution in [0.1, 0.15) is 58.6 Å². The summed E-state index contributed by atoms with van der Waals surface area (Å²) in [5.41, 5.74) is -0.0248. The standard InChI is InChI=1S/C17H32N4O2/c1-6-7-10-22-11-8-9-19-16(18-5)21-13-15-20-12-14(23-15)17(2,3)4/h12H,6-11,13H2,1-5H3,(H2,18,19,21). The van der Waals surface area contributed by atoms with Crippen molar-refractivity contribution in [1.82, 2.24) is 15.6 Å². The Kier molecular flexibility index (Phi) is 8.69. The van der Waals surface area contributed by atoms with E-state index < -0.39 is 0 Å². The van der Waals surface area contributed by atoms with Gasteiger partial charge in [-0.15, -0.1) is 0 Å². The molecule has 6 nitrogen and oxygen atoms in total. The highest BCUT2D eigenvalue weighted by molar-refractivity contribution is 5.79. The second kappa shape index (κ2) is 10.3. The Morgan fingerprint density at radius 3 is 2.61 bits per heavy atom. The number of aliphatic imine (C=N–C) groups is 1. The molecular weight excluding hydrogens is 292 g/mol. The number of aromatic nitrogens is 1. The number of hydrogen-bond acceptors (Lipinski definition) is 4. The summed E-state index contributed by atoms with van der Waals surface area (Å²) in [5.74, 6) is 2.30. The molecule has 0 amide bonds. The lowest BCUT2D eigenvalue weighted by Gasteiger charge is -2.13. The summed E-state index contributed by atoms with van der Waals surface area (Å²) >= 11 is 0. The first-order chi connectivity index (χ1) is 11.0. The van der Waals surface area contributed by atoms with Gasteiger partial charge in [-0.25, -0.2) is 4.98 Å². The molecule has 1 aromatic rings. The molecule has 0 radical (unpaired) electrons. The summed E-state index contributed by atoms with van der Waals surface area (Å²) in [6, 6.07) is 0. The molecule has 0 bridgehead atoms. The van der Waals surface area contributed by atoms with Crippen LogP contribution in [0.15, 0.2) is 15.6 Å². The van der Waals surface area contributed by atoms with Gasteiger partial charge in [-0.1, -0.05) is 34.1 Å². The van der Waals surface area contributed by atoms with Crippen LogP contribution < -0.4 is 10.6 Å². The molecule has 1 aromatic heterocycles. The molecule has 0 unspecified atom stereocenters. The molecule has 0 atom stereocenters. The number of ether oxygens (including phenoxy) is 1. The van der Waals surface area contributed by atoms with Crippen molar-refractivity contribution in [1.29, 1.82) is 0 Å². The molecule has 0 aliphatic carbocycles. The fraction of sp³-hybridized carbons (Fsp3) is 0.765. The number of nitrogens with one attached hydrogen (secondary N) is 2. The van der Waals surface area contributed by atoms with E-state index in [1.54, 1.807) is 13.2 Å². The van der Waals surface area contributed by atoms with Crippen molar-refractivity contribution < 1.29 is 9.15 Å². The lowest BCUT2D eigenvalue weighted by molar-refractivity contribution is 0.129. The molecule has 2 N–H and O–H groups in total. The van der Waals surface area contributed by atoms with E-state index in [0.717, 1.165) is 44.3 Å². The molecule has 0 aliphatic rings. The summed E-state index contributed by atoms with van der Waals surface area (Å²) in [5, 5.41) is 6.46. The van der Waals surface area contributed by atoms with Gasteiger partial charge in [0.15, 0.2) is 5.96 Å². The summed E-state index contributed by atoms with van der Waals surface area (Å²) < 4.78 is 11.3. The van der Waals surface area contributed by atoms with Gasteiger partial charge in [-0.05, 0) is 12.8 Å². The van der Waals surface area contributed by atoms with Gasteiger partial charge in [-0.3, -0.25) is 4.99 Å². The van der Waals surface area contributed by atoms with E-state index in [1.807, 2.05) is 0 Å². The Bertz CT molecular complexity index is 463. The molecule has 0 saturated heterocycles. The van der Waals surface area contributed by atoms with Gasteiger partial charge in [-0.2, -0.15) is 0 Å². The maximum absolute atomic E-state index is 5.75. The zero-order valence-corrected chi connectivity index (χ0v) is 15.2. The van der Waals surface area contributed by atoms with Gasteiger partial charge < -0.3 is 19.8 Å². The van der Waals surface area contributed by atoms with Gasteiger partial charge in [0.05, 0.1) is 12.7 Å². The zero-order valence-electron chi connectivity index (χ0n) is 15.2. The summed E-state index contributed by atoms with van der Waals surface area (Å²) in [4.78, 5) is 8.49. The molecule has 0 saturated carbocycles. The van der Waals surface area contributed by atoms with Crippen LogP contribution in [0, 0.1) is 0 Å². The van der Waals surface area contributed by atoms with E-state index in [2.05, 4.69) is 48.3 Å². The highest BCUT2D eigenvalue weighted by Gasteiger charge is 2.19. The molecule has 6 heteroatoms. The van der Waals surface area contributed by atoms with Crippen LogP contribution in [0.25, 0.3) is 0 Å². The van der Waals surface area contributed by atoms with Crippen molar-refractivity contribution in [2.75, 3.05) is 26.8 Å². The van der Waals surface area contributed by atoms with Crippen molar-refractivity contribution in [2.24, 2.45) is 4.99 Å². The normalized spacial score (nSPS) is 12.5. The Labute approximate surface area is 140 Å². The first-order valence-electron chi connectivity index (χ1n) is 8.44.